The van der Waals surface area contributed by atoms with E-state index in [1.165, 1.54) is 5.56 Å². The maximum atomic E-state index is 12.7. The van der Waals surface area contributed by atoms with Gasteiger partial charge in [0.2, 0.25) is 0 Å². The third-order valence-electron chi connectivity index (χ3n) is 6.86. The Kier molecular flexibility index (Phi) is 11.9. The summed E-state index contributed by atoms with van der Waals surface area (Å²) >= 11 is 0. The molecular weight excluding hydrogens is 557 g/mol. The van der Waals surface area contributed by atoms with Crippen LogP contribution in [0.15, 0.2) is 66.7 Å². The van der Waals surface area contributed by atoms with Crippen LogP contribution in [0.3, 0.4) is 0 Å². The van der Waals surface area contributed by atoms with Gasteiger partial charge in [0.1, 0.15) is 11.4 Å². The van der Waals surface area contributed by atoms with E-state index in [-0.39, 0.29) is 42.0 Å². The molecule has 3 aromatic carbocycles. The van der Waals surface area contributed by atoms with Gasteiger partial charge >= 0.3 is 5.97 Å². The molecule has 0 atom stereocenters. The van der Waals surface area contributed by atoms with Crippen LogP contribution in [0, 0.1) is 0 Å². The number of benzene rings is 3. The Bertz CT molecular complexity index is 1440. The van der Waals surface area contributed by atoms with E-state index in [1.54, 1.807) is 0 Å². The lowest BCUT2D eigenvalue weighted by Crippen LogP contribution is -2.26. The predicted octanol–water partition coefficient (Wildman–Crippen LogP) is 7.58. The van der Waals surface area contributed by atoms with E-state index in [0.29, 0.717) is 6.54 Å². The zero-order valence-electron chi connectivity index (χ0n) is 25.0. The van der Waals surface area contributed by atoms with E-state index >= 15 is 0 Å². The fraction of sp³-hybridized carbons (Fsp3) is 0.364. The van der Waals surface area contributed by atoms with Crippen molar-refractivity contribution in [3.8, 4) is 22.6 Å². The van der Waals surface area contributed by atoms with Gasteiger partial charge < -0.3 is 24.6 Å². The van der Waals surface area contributed by atoms with Gasteiger partial charge in [0.25, 0.3) is 0 Å². The average Bonchev–Trinajstić information content (AvgIpc) is 3.20. The van der Waals surface area contributed by atoms with E-state index in [4.69, 9.17) is 4.74 Å². The first kappa shape index (κ1) is 34.2. The van der Waals surface area contributed by atoms with E-state index in [1.807, 2.05) is 62.8 Å². The predicted molar refractivity (Wildman–Crippen MR) is 175 cm³/mol. The van der Waals surface area contributed by atoms with E-state index in [0.717, 1.165) is 52.1 Å². The Labute approximate surface area is 256 Å². The second kappa shape index (κ2) is 14.2. The summed E-state index contributed by atoms with van der Waals surface area (Å²) < 4.78 is 7.67. The Morgan fingerprint density at radius 2 is 1.56 bits per heavy atom. The molecule has 8 heteroatoms. The summed E-state index contributed by atoms with van der Waals surface area (Å²) in [6.07, 6.45) is 0.0635. The normalized spacial score (nSPS) is 11.4. The molecular formula is C33H43Cl2N3O3. The lowest BCUT2D eigenvalue weighted by Gasteiger charge is -2.19. The Hall–Kier alpha value is -3.03. The summed E-state index contributed by atoms with van der Waals surface area (Å²) in [5.41, 5.74) is 6.25. The standard InChI is InChI=1S/C33H41N3O3.2ClH/c1-22(2)39-27-15-13-26(14-16-27)36-30-17-10-24(23-8-11-25(12-9-23)33(3,4)5)20-28(30)29(31(36)32(37)38)21-34-18-19-35(6)7;;/h8-17,20,22,34H,18-19,21H2,1-7H3,(H,37,38);2*1H. The monoisotopic (exact) mass is 599 g/mol. The number of nitrogens with one attached hydrogen (secondary N) is 1. The van der Waals surface area contributed by atoms with Gasteiger partial charge in [-0.15, -0.1) is 24.8 Å². The van der Waals surface area contributed by atoms with Gasteiger partial charge in [-0.1, -0.05) is 51.1 Å². The molecule has 4 rings (SSSR count). The highest BCUT2D eigenvalue weighted by Crippen LogP contribution is 2.34. The second-order valence-electron chi connectivity index (χ2n) is 11.7. The first-order valence-electron chi connectivity index (χ1n) is 13.6. The lowest BCUT2D eigenvalue weighted by atomic mass is 9.86. The summed E-state index contributed by atoms with van der Waals surface area (Å²) in [6.45, 7) is 12.7. The van der Waals surface area contributed by atoms with E-state index < -0.39 is 5.97 Å². The van der Waals surface area contributed by atoms with Crippen LogP contribution in [0.5, 0.6) is 5.75 Å². The van der Waals surface area contributed by atoms with Crippen LogP contribution in [0.1, 0.15) is 56.2 Å². The third-order valence-corrected chi connectivity index (χ3v) is 6.86. The Morgan fingerprint density at radius 3 is 2.10 bits per heavy atom. The van der Waals surface area contributed by atoms with Crippen molar-refractivity contribution in [2.45, 2.75) is 52.7 Å². The molecule has 6 nitrogen and oxygen atoms in total. The van der Waals surface area contributed by atoms with Crippen molar-refractivity contribution in [2.24, 2.45) is 0 Å². The Balaban J connectivity index is 0.00000294. The molecule has 1 heterocycles. The molecule has 0 bridgehead atoms. The van der Waals surface area contributed by atoms with Gasteiger partial charge in [0.05, 0.1) is 11.6 Å². The number of likely N-dealkylation sites (N-methyl/N-ethyl adjacent to an activating group) is 1. The van der Waals surface area contributed by atoms with Crippen molar-refractivity contribution in [1.29, 1.82) is 0 Å². The third kappa shape index (κ3) is 8.04. The molecule has 41 heavy (non-hydrogen) atoms. The van der Waals surface area contributed by atoms with Gasteiger partial charge in [-0.25, -0.2) is 4.79 Å². The van der Waals surface area contributed by atoms with Crippen molar-refractivity contribution < 1.29 is 14.6 Å². The van der Waals surface area contributed by atoms with Gasteiger partial charge in [0.15, 0.2) is 0 Å². The fourth-order valence-corrected chi connectivity index (χ4v) is 4.83. The maximum absolute atomic E-state index is 12.7. The van der Waals surface area contributed by atoms with Gasteiger partial charge in [-0.3, -0.25) is 0 Å². The minimum atomic E-state index is -0.950. The van der Waals surface area contributed by atoms with Crippen molar-refractivity contribution in [3.05, 3.63) is 83.6 Å². The molecule has 0 saturated heterocycles. The smallest absolute Gasteiger partial charge is 0.353 e. The van der Waals surface area contributed by atoms with Crippen LogP contribution in [0.25, 0.3) is 27.7 Å². The first-order valence-corrected chi connectivity index (χ1v) is 13.6. The van der Waals surface area contributed by atoms with E-state index in [2.05, 4.69) is 67.4 Å². The minimum absolute atomic E-state index is 0. The number of aromatic nitrogens is 1. The zero-order valence-corrected chi connectivity index (χ0v) is 26.7. The largest absolute Gasteiger partial charge is 0.491 e. The summed E-state index contributed by atoms with van der Waals surface area (Å²) in [5, 5.41) is 14.8. The van der Waals surface area contributed by atoms with Crippen LogP contribution in [-0.2, 0) is 12.0 Å². The zero-order chi connectivity index (χ0) is 28.3. The SMILES string of the molecule is CC(C)Oc1ccc(-n2c(C(=O)O)c(CNCCN(C)C)c3cc(-c4ccc(C(C)(C)C)cc4)ccc32)cc1.Cl.Cl. The minimum Gasteiger partial charge on any atom is -0.491 e. The van der Waals surface area contributed by atoms with Crippen molar-refractivity contribution in [3.63, 3.8) is 0 Å². The van der Waals surface area contributed by atoms with Crippen molar-refractivity contribution >= 4 is 41.7 Å². The second-order valence-corrected chi connectivity index (χ2v) is 11.7. The number of halogens is 2. The van der Waals surface area contributed by atoms with Crippen LogP contribution in [-0.4, -0.2) is 53.8 Å². The Morgan fingerprint density at radius 1 is 0.951 bits per heavy atom. The van der Waals surface area contributed by atoms with Crippen molar-refractivity contribution in [2.75, 3.05) is 27.2 Å². The fourth-order valence-electron chi connectivity index (χ4n) is 4.83. The molecule has 0 saturated carbocycles. The molecule has 0 unspecified atom stereocenters. The molecule has 1 aromatic heterocycles. The number of aromatic carboxylic acids is 1. The summed E-state index contributed by atoms with van der Waals surface area (Å²) in [6, 6.07) is 22.5. The highest BCUT2D eigenvalue weighted by atomic mass is 35.5. The highest BCUT2D eigenvalue weighted by Gasteiger charge is 2.24. The topological polar surface area (TPSA) is 66.7 Å². The molecule has 0 fully saturated rings. The highest BCUT2D eigenvalue weighted by molar-refractivity contribution is 6.01. The first-order chi connectivity index (χ1) is 18.5. The number of carbonyl (C=O) groups is 1. The maximum Gasteiger partial charge on any atom is 0.353 e. The molecule has 2 N–H and O–H groups in total. The summed E-state index contributed by atoms with van der Waals surface area (Å²) in [7, 11) is 4.06. The van der Waals surface area contributed by atoms with Crippen molar-refractivity contribution in [1.82, 2.24) is 14.8 Å². The summed E-state index contributed by atoms with van der Waals surface area (Å²) in [4.78, 5) is 14.8. The molecule has 0 aliphatic carbocycles. The molecule has 0 aliphatic rings. The number of rotatable bonds is 10. The molecule has 0 amide bonds. The number of hydrogen-bond donors (Lipinski definition) is 2. The number of ether oxygens (including phenoxy) is 1. The number of fused-ring (bicyclic) bond motifs is 1. The van der Waals surface area contributed by atoms with Crippen LogP contribution in [0.2, 0.25) is 0 Å². The van der Waals surface area contributed by atoms with Gasteiger partial charge in [-0.05, 0) is 86.4 Å². The van der Waals surface area contributed by atoms with Crippen LogP contribution >= 0.6 is 24.8 Å². The number of hydrogen-bond acceptors (Lipinski definition) is 4. The molecule has 0 aliphatic heterocycles. The van der Waals surface area contributed by atoms with Gasteiger partial charge in [0, 0.05) is 36.3 Å². The van der Waals surface area contributed by atoms with Crippen LogP contribution in [0.4, 0.5) is 0 Å². The molecule has 0 radical (unpaired) electrons. The summed E-state index contributed by atoms with van der Waals surface area (Å²) in [5.74, 6) is -0.192. The van der Waals surface area contributed by atoms with Crippen LogP contribution < -0.4 is 10.1 Å². The molecule has 0 spiro atoms. The van der Waals surface area contributed by atoms with Gasteiger partial charge in [-0.2, -0.15) is 0 Å². The number of carboxylic acids is 1. The molecule has 4 aromatic rings. The number of nitrogens with zero attached hydrogens (tertiary/aromatic N) is 2. The average molecular weight is 601 g/mol. The van der Waals surface area contributed by atoms with E-state index in [9.17, 15) is 9.90 Å². The number of carboxylic acid groups (broad SMARTS) is 1. The quantitative estimate of drug-likeness (QED) is 0.184. The molecule has 222 valence electrons. The lowest BCUT2D eigenvalue weighted by molar-refractivity contribution is 0.0687.